The zero-order valence-corrected chi connectivity index (χ0v) is 11.7. The van der Waals surface area contributed by atoms with E-state index in [0.29, 0.717) is 5.75 Å². The summed E-state index contributed by atoms with van der Waals surface area (Å²) < 4.78 is 32.3. The summed E-state index contributed by atoms with van der Waals surface area (Å²) in [5.74, 6) is -0.995. The molecule has 2 aromatic rings. The number of halogens is 2. The standard InChI is InChI=1S/C16H17F2NO/c1-10-7-8-15(20-3)14(9-10)19-11(2)12-5-4-6-13(17)16(12)18/h4-9,11,19H,1-3H3. The highest BCUT2D eigenvalue weighted by Gasteiger charge is 2.15. The highest BCUT2D eigenvalue weighted by molar-refractivity contribution is 5.59. The third kappa shape index (κ3) is 2.90. The number of aryl methyl sites for hydroxylation is 1. The molecule has 0 aliphatic rings. The monoisotopic (exact) mass is 277 g/mol. The molecule has 0 bridgehead atoms. The van der Waals surface area contributed by atoms with Gasteiger partial charge in [0.05, 0.1) is 18.8 Å². The van der Waals surface area contributed by atoms with Gasteiger partial charge in [-0.2, -0.15) is 0 Å². The van der Waals surface area contributed by atoms with E-state index in [1.807, 2.05) is 25.1 Å². The van der Waals surface area contributed by atoms with E-state index >= 15 is 0 Å². The average Bonchev–Trinajstić information content (AvgIpc) is 2.42. The van der Waals surface area contributed by atoms with E-state index in [2.05, 4.69) is 5.32 Å². The maximum Gasteiger partial charge on any atom is 0.164 e. The van der Waals surface area contributed by atoms with Crippen molar-refractivity contribution in [3.63, 3.8) is 0 Å². The summed E-state index contributed by atoms with van der Waals surface area (Å²) in [6.45, 7) is 3.73. The molecule has 0 saturated heterocycles. The fraction of sp³-hybridized carbons (Fsp3) is 0.250. The van der Waals surface area contributed by atoms with E-state index in [-0.39, 0.29) is 11.6 Å². The van der Waals surface area contributed by atoms with Crippen molar-refractivity contribution >= 4 is 5.69 Å². The van der Waals surface area contributed by atoms with Crippen LogP contribution in [-0.4, -0.2) is 7.11 Å². The Morgan fingerprint density at radius 1 is 1.15 bits per heavy atom. The Kier molecular flexibility index (Phi) is 4.23. The van der Waals surface area contributed by atoms with Gasteiger partial charge in [0.15, 0.2) is 11.6 Å². The Hall–Kier alpha value is -2.10. The molecule has 1 unspecified atom stereocenters. The molecule has 0 aliphatic heterocycles. The van der Waals surface area contributed by atoms with Gasteiger partial charge >= 0.3 is 0 Å². The number of hydrogen-bond acceptors (Lipinski definition) is 2. The summed E-state index contributed by atoms with van der Waals surface area (Å²) >= 11 is 0. The van der Waals surface area contributed by atoms with Crippen molar-refractivity contribution < 1.29 is 13.5 Å². The van der Waals surface area contributed by atoms with Crippen LogP contribution in [-0.2, 0) is 0 Å². The van der Waals surface area contributed by atoms with E-state index in [9.17, 15) is 8.78 Å². The van der Waals surface area contributed by atoms with Gasteiger partial charge < -0.3 is 10.1 Å². The molecule has 0 fully saturated rings. The molecule has 0 radical (unpaired) electrons. The summed E-state index contributed by atoms with van der Waals surface area (Å²) in [7, 11) is 1.57. The van der Waals surface area contributed by atoms with Gasteiger partial charge in [-0.05, 0) is 37.6 Å². The minimum atomic E-state index is -0.840. The minimum Gasteiger partial charge on any atom is -0.495 e. The number of methoxy groups -OCH3 is 1. The molecule has 0 aliphatic carbocycles. The zero-order chi connectivity index (χ0) is 14.7. The highest BCUT2D eigenvalue weighted by Crippen LogP contribution is 2.30. The Balaban J connectivity index is 2.30. The smallest absolute Gasteiger partial charge is 0.164 e. The van der Waals surface area contributed by atoms with Gasteiger partial charge in [0.2, 0.25) is 0 Å². The molecule has 0 amide bonds. The maximum absolute atomic E-state index is 13.8. The molecule has 1 atom stereocenters. The largest absolute Gasteiger partial charge is 0.495 e. The van der Waals surface area contributed by atoms with Crippen LogP contribution in [0.5, 0.6) is 5.75 Å². The molecule has 0 heterocycles. The molecule has 0 spiro atoms. The fourth-order valence-corrected chi connectivity index (χ4v) is 2.10. The van der Waals surface area contributed by atoms with Crippen molar-refractivity contribution in [1.82, 2.24) is 0 Å². The number of nitrogens with one attached hydrogen (secondary N) is 1. The second-order valence-electron chi connectivity index (χ2n) is 4.71. The molecule has 2 aromatic carbocycles. The lowest BCUT2D eigenvalue weighted by molar-refractivity contribution is 0.416. The van der Waals surface area contributed by atoms with Crippen LogP contribution < -0.4 is 10.1 Å². The highest BCUT2D eigenvalue weighted by atomic mass is 19.2. The molecule has 0 aromatic heterocycles. The molecule has 1 N–H and O–H groups in total. The van der Waals surface area contributed by atoms with Gasteiger partial charge in [0.25, 0.3) is 0 Å². The zero-order valence-electron chi connectivity index (χ0n) is 11.7. The van der Waals surface area contributed by atoms with Crippen LogP contribution in [0.1, 0.15) is 24.1 Å². The summed E-state index contributed by atoms with van der Waals surface area (Å²) in [6, 6.07) is 9.48. The van der Waals surface area contributed by atoms with Gasteiger partial charge in [-0.25, -0.2) is 8.78 Å². The fourth-order valence-electron chi connectivity index (χ4n) is 2.10. The predicted molar refractivity (Wildman–Crippen MR) is 76.1 cm³/mol. The van der Waals surface area contributed by atoms with Crippen LogP contribution in [0, 0.1) is 18.6 Å². The number of benzene rings is 2. The van der Waals surface area contributed by atoms with E-state index < -0.39 is 11.6 Å². The molecule has 4 heteroatoms. The van der Waals surface area contributed by atoms with Crippen LogP contribution in [0.15, 0.2) is 36.4 Å². The molecule has 20 heavy (non-hydrogen) atoms. The molecule has 2 nitrogen and oxygen atoms in total. The Bertz CT molecular complexity index is 613. The lowest BCUT2D eigenvalue weighted by Crippen LogP contribution is -2.10. The molecule has 2 rings (SSSR count). The van der Waals surface area contributed by atoms with E-state index in [1.54, 1.807) is 20.1 Å². The lowest BCUT2D eigenvalue weighted by atomic mass is 10.1. The van der Waals surface area contributed by atoms with Crippen LogP contribution in [0.2, 0.25) is 0 Å². The van der Waals surface area contributed by atoms with E-state index in [0.717, 1.165) is 17.3 Å². The first-order chi connectivity index (χ1) is 9.52. The summed E-state index contributed by atoms with van der Waals surface area (Å²) in [6.07, 6.45) is 0. The van der Waals surface area contributed by atoms with Crippen LogP contribution >= 0.6 is 0 Å². The Labute approximate surface area is 117 Å². The van der Waals surface area contributed by atoms with Crippen molar-refractivity contribution in [2.75, 3.05) is 12.4 Å². The minimum absolute atomic E-state index is 0.286. The topological polar surface area (TPSA) is 21.3 Å². The number of rotatable bonds is 4. The van der Waals surface area contributed by atoms with Crippen molar-refractivity contribution in [2.45, 2.75) is 19.9 Å². The third-order valence-electron chi connectivity index (χ3n) is 3.17. The van der Waals surface area contributed by atoms with Crippen LogP contribution in [0.3, 0.4) is 0 Å². The quantitative estimate of drug-likeness (QED) is 0.891. The summed E-state index contributed by atoms with van der Waals surface area (Å²) in [5.41, 5.74) is 2.09. The normalized spacial score (nSPS) is 12.1. The first-order valence-electron chi connectivity index (χ1n) is 6.38. The second-order valence-corrected chi connectivity index (χ2v) is 4.71. The molecular formula is C16H17F2NO. The summed E-state index contributed by atoms with van der Waals surface area (Å²) in [4.78, 5) is 0. The maximum atomic E-state index is 13.8. The van der Waals surface area contributed by atoms with Gasteiger partial charge in [-0.15, -0.1) is 0 Å². The Morgan fingerprint density at radius 2 is 1.90 bits per heavy atom. The SMILES string of the molecule is COc1ccc(C)cc1NC(C)c1cccc(F)c1F. The first kappa shape index (κ1) is 14.3. The second kappa shape index (κ2) is 5.90. The van der Waals surface area contributed by atoms with Crippen molar-refractivity contribution in [2.24, 2.45) is 0 Å². The van der Waals surface area contributed by atoms with Crippen molar-refractivity contribution in [3.05, 3.63) is 59.2 Å². The van der Waals surface area contributed by atoms with Gasteiger partial charge in [-0.1, -0.05) is 18.2 Å². The van der Waals surface area contributed by atoms with Crippen molar-refractivity contribution in [1.29, 1.82) is 0 Å². The van der Waals surface area contributed by atoms with Crippen molar-refractivity contribution in [3.8, 4) is 5.75 Å². The number of anilines is 1. The molecule has 0 saturated carbocycles. The molecular weight excluding hydrogens is 260 g/mol. The Morgan fingerprint density at radius 3 is 2.60 bits per heavy atom. The van der Waals surface area contributed by atoms with Crippen LogP contribution in [0.25, 0.3) is 0 Å². The first-order valence-corrected chi connectivity index (χ1v) is 6.38. The molecule has 106 valence electrons. The average molecular weight is 277 g/mol. The third-order valence-corrected chi connectivity index (χ3v) is 3.17. The lowest BCUT2D eigenvalue weighted by Gasteiger charge is -2.19. The van der Waals surface area contributed by atoms with Gasteiger partial charge in [0, 0.05) is 5.56 Å². The van der Waals surface area contributed by atoms with E-state index in [1.165, 1.54) is 6.07 Å². The van der Waals surface area contributed by atoms with Gasteiger partial charge in [0.1, 0.15) is 5.75 Å². The van der Waals surface area contributed by atoms with Gasteiger partial charge in [-0.3, -0.25) is 0 Å². The number of hydrogen-bond donors (Lipinski definition) is 1. The van der Waals surface area contributed by atoms with E-state index in [4.69, 9.17) is 4.74 Å². The van der Waals surface area contributed by atoms with Crippen LogP contribution in [0.4, 0.5) is 14.5 Å². The number of ether oxygens (including phenoxy) is 1. The summed E-state index contributed by atoms with van der Waals surface area (Å²) in [5, 5.41) is 3.15. The predicted octanol–water partition coefficient (Wildman–Crippen LogP) is 4.45.